The van der Waals surface area contributed by atoms with Crippen LogP contribution in [0.4, 0.5) is 11.6 Å². The molecule has 1 heterocycles. The minimum Gasteiger partial charge on any atom is -0.383 e. The van der Waals surface area contributed by atoms with Gasteiger partial charge in [0.2, 0.25) is 5.95 Å². The van der Waals surface area contributed by atoms with Gasteiger partial charge in [0.15, 0.2) is 5.82 Å². The Labute approximate surface area is 159 Å². The lowest BCUT2D eigenvalue weighted by Gasteiger charge is -2.13. The first-order chi connectivity index (χ1) is 13.1. The maximum atomic E-state index is 11.1. The SMILES string of the molecule is C/C=N\C(=C/C(C)NCCOC)n1ncnc1Nc1cc(C=O)ccc1C. The first-order valence-electron chi connectivity index (χ1n) is 8.75. The second-order valence-electron chi connectivity index (χ2n) is 5.96. The summed E-state index contributed by atoms with van der Waals surface area (Å²) in [5.74, 6) is 1.15. The molecule has 1 unspecified atom stereocenters. The van der Waals surface area contributed by atoms with Crippen LogP contribution in [-0.4, -0.2) is 53.6 Å². The number of ether oxygens (including phenoxy) is 1. The minimum atomic E-state index is 0.0658. The molecular weight excluding hydrogens is 344 g/mol. The predicted molar refractivity (Wildman–Crippen MR) is 108 cm³/mol. The number of anilines is 2. The molecule has 2 aromatic rings. The number of carbonyl (C=O) groups excluding carboxylic acids is 1. The summed E-state index contributed by atoms with van der Waals surface area (Å²) in [5, 5.41) is 10.9. The highest BCUT2D eigenvalue weighted by Crippen LogP contribution is 2.22. The summed E-state index contributed by atoms with van der Waals surface area (Å²) in [5.41, 5.74) is 2.38. The van der Waals surface area contributed by atoms with Gasteiger partial charge in [0.25, 0.3) is 0 Å². The second-order valence-corrected chi connectivity index (χ2v) is 5.96. The van der Waals surface area contributed by atoms with Crippen molar-refractivity contribution in [3.05, 3.63) is 41.7 Å². The summed E-state index contributed by atoms with van der Waals surface area (Å²) in [6.07, 6.45) is 5.94. The van der Waals surface area contributed by atoms with Crippen LogP contribution in [0, 0.1) is 6.92 Å². The van der Waals surface area contributed by atoms with E-state index in [9.17, 15) is 4.79 Å². The Hall–Kier alpha value is -2.84. The fraction of sp³-hybridized carbons (Fsp3) is 0.368. The number of benzene rings is 1. The number of rotatable bonds is 10. The summed E-state index contributed by atoms with van der Waals surface area (Å²) < 4.78 is 6.68. The number of aldehydes is 1. The van der Waals surface area contributed by atoms with E-state index in [1.807, 2.05) is 32.9 Å². The smallest absolute Gasteiger partial charge is 0.231 e. The molecule has 1 atom stereocenters. The van der Waals surface area contributed by atoms with E-state index in [0.29, 0.717) is 23.9 Å². The van der Waals surface area contributed by atoms with Gasteiger partial charge in [-0.05, 0) is 38.5 Å². The average molecular weight is 370 g/mol. The average Bonchev–Trinajstić information content (AvgIpc) is 3.11. The molecule has 0 spiro atoms. The van der Waals surface area contributed by atoms with E-state index in [1.54, 1.807) is 30.1 Å². The molecule has 2 N–H and O–H groups in total. The normalized spacial score (nSPS) is 13.1. The summed E-state index contributed by atoms with van der Waals surface area (Å²) in [6, 6.07) is 5.51. The van der Waals surface area contributed by atoms with Crippen LogP contribution in [0.3, 0.4) is 0 Å². The molecule has 27 heavy (non-hydrogen) atoms. The molecule has 1 aromatic carbocycles. The quantitative estimate of drug-likeness (QED) is 0.379. The molecule has 0 bridgehead atoms. The number of hydrogen-bond donors (Lipinski definition) is 2. The zero-order chi connectivity index (χ0) is 19.6. The number of aromatic nitrogens is 3. The van der Waals surface area contributed by atoms with Crippen LogP contribution in [-0.2, 0) is 4.74 Å². The highest BCUT2D eigenvalue weighted by molar-refractivity contribution is 5.78. The molecule has 0 aliphatic rings. The molecule has 144 valence electrons. The van der Waals surface area contributed by atoms with Crippen molar-refractivity contribution in [3.63, 3.8) is 0 Å². The van der Waals surface area contributed by atoms with Crippen molar-refractivity contribution in [1.29, 1.82) is 0 Å². The lowest BCUT2D eigenvalue weighted by Crippen LogP contribution is -2.28. The van der Waals surface area contributed by atoms with E-state index in [-0.39, 0.29) is 6.04 Å². The highest BCUT2D eigenvalue weighted by Gasteiger charge is 2.11. The van der Waals surface area contributed by atoms with Crippen molar-refractivity contribution in [2.24, 2.45) is 4.99 Å². The first kappa shape index (κ1) is 20.5. The lowest BCUT2D eigenvalue weighted by molar-refractivity contribution is 0.112. The molecule has 0 saturated heterocycles. The van der Waals surface area contributed by atoms with Crippen LogP contribution >= 0.6 is 0 Å². The number of aryl methyl sites for hydroxylation is 1. The molecule has 0 amide bonds. The maximum Gasteiger partial charge on any atom is 0.231 e. The van der Waals surface area contributed by atoms with Crippen LogP contribution in [0.2, 0.25) is 0 Å². The summed E-state index contributed by atoms with van der Waals surface area (Å²) in [7, 11) is 1.67. The van der Waals surface area contributed by atoms with Crippen LogP contribution < -0.4 is 10.6 Å². The fourth-order valence-electron chi connectivity index (χ4n) is 2.43. The third-order valence-electron chi connectivity index (χ3n) is 3.84. The van der Waals surface area contributed by atoms with Crippen LogP contribution in [0.5, 0.6) is 0 Å². The number of aliphatic imine (C=N–C) groups is 1. The van der Waals surface area contributed by atoms with E-state index in [2.05, 4.69) is 25.7 Å². The molecule has 0 aliphatic carbocycles. The number of methoxy groups -OCH3 is 1. The molecule has 2 rings (SSSR count). The standard InChI is InChI=1S/C19H26N6O2/c1-5-20-18(10-15(3)21-8-9-27-4)25-19(22-13-23-25)24-17-11-16(12-26)7-6-14(17)2/h5-7,10-13,15,21H,8-9H2,1-4H3,(H,22,23,24)/b18-10+,20-5-. The van der Waals surface area contributed by atoms with E-state index in [1.165, 1.54) is 6.33 Å². The van der Waals surface area contributed by atoms with Gasteiger partial charge in [0, 0.05) is 37.2 Å². The van der Waals surface area contributed by atoms with Gasteiger partial charge in [-0.2, -0.15) is 14.8 Å². The van der Waals surface area contributed by atoms with Crippen molar-refractivity contribution in [2.45, 2.75) is 26.8 Å². The topological polar surface area (TPSA) is 93.4 Å². The van der Waals surface area contributed by atoms with E-state index in [0.717, 1.165) is 24.1 Å². The van der Waals surface area contributed by atoms with Crippen molar-refractivity contribution in [2.75, 3.05) is 25.6 Å². The number of nitrogens with one attached hydrogen (secondary N) is 2. The maximum absolute atomic E-state index is 11.1. The van der Waals surface area contributed by atoms with Crippen molar-refractivity contribution in [3.8, 4) is 0 Å². The number of carbonyl (C=O) groups is 1. The summed E-state index contributed by atoms with van der Waals surface area (Å²) in [6.45, 7) is 7.20. The fourth-order valence-corrected chi connectivity index (χ4v) is 2.43. The minimum absolute atomic E-state index is 0.0658. The van der Waals surface area contributed by atoms with Gasteiger partial charge in [-0.15, -0.1) is 0 Å². The first-order valence-corrected chi connectivity index (χ1v) is 8.75. The van der Waals surface area contributed by atoms with Gasteiger partial charge in [-0.1, -0.05) is 12.1 Å². The van der Waals surface area contributed by atoms with Crippen LogP contribution in [0.15, 0.2) is 35.6 Å². The zero-order valence-electron chi connectivity index (χ0n) is 16.1. The molecule has 0 fully saturated rings. The van der Waals surface area contributed by atoms with E-state index >= 15 is 0 Å². The van der Waals surface area contributed by atoms with Gasteiger partial charge in [-0.25, -0.2) is 4.99 Å². The summed E-state index contributed by atoms with van der Waals surface area (Å²) >= 11 is 0. The molecular formula is C19H26N6O2. The zero-order valence-corrected chi connectivity index (χ0v) is 16.1. The molecule has 0 saturated carbocycles. The van der Waals surface area contributed by atoms with E-state index in [4.69, 9.17) is 4.74 Å². The molecule has 8 heteroatoms. The highest BCUT2D eigenvalue weighted by atomic mass is 16.5. The molecule has 1 aromatic heterocycles. The largest absolute Gasteiger partial charge is 0.383 e. The Bertz CT molecular complexity index is 812. The van der Waals surface area contributed by atoms with E-state index < -0.39 is 0 Å². The van der Waals surface area contributed by atoms with Gasteiger partial charge in [0.1, 0.15) is 12.6 Å². The van der Waals surface area contributed by atoms with Crippen LogP contribution in [0.25, 0.3) is 5.82 Å². The van der Waals surface area contributed by atoms with Gasteiger partial charge < -0.3 is 15.4 Å². The Kier molecular flexibility index (Phi) is 7.84. The van der Waals surface area contributed by atoms with Crippen molar-refractivity contribution >= 4 is 30.0 Å². The summed E-state index contributed by atoms with van der Waals surface area (Å²) in [4.78, 5) is 19.8. The van der Waals surface area contributed by atoms with Gasteiger partial charge >= 0.3 is 0 Å². The molecule has 8 nitrogen and oxygen atoms in total. The van der Waals surface area contributed by atoms with Crippen molar-refractivity contribution < 1.29 is 9.53 Å². The second kappa shape index (κ2) is 10.3. The third-order valence-corrected chi connectivity index (χ3v) is 3.84. The Morgan fingerprint density at radius 2 is 2.26 bits per heavy atom. The van der Waals surface area contributed by atoms with Crippen LogP contribution in [0.1, 0.15) is 29.8 Å². The third kappa shape index (κ3) is 5.83. The van der Waals surface area contributed by atoms with Crippen molar-refractivity contribution in [1.82, 2.24) is 20.1 Å². The van der Waals surface area contributed by atoms with Gasteiger partial charge in [-0.3, -0.25) is 4.79 Å². The Morgan fingerprint density at radius 3 is 2.96 bits per heavy atom. The lowest BCUT2D eigenvalue weighted by atomic mass is 10.1. The van der Waals surface area contributed by atoms with Gasteiger partial charge in [0.05, 0.1) is 6.61 Å². The number of nitrogens with zero attached hydrogens (tertiary/aromatic N) is 4. The molecule has 0 aliphatic heterocycles. The Balaban J connectivity index is 2.27. The molecule has 0 radical (unpaired) electrons. The Morgan fingerprint density at radius 1 is 1.44 bits per heavy atom. The monoisotopic (exact) mass is 370 g/mol. The number of hydrogen-bond acceptors (Lipinski definition) is 7. The predicted octanol–water partition coefficient (Wildman–Crippen LogP) is 2.66.